The van der Waals surface area contributed by atoms with Crippen LogP contribution < -0.4 is 15.5 Å². The minimum absolute atomic E-state index is 0.000481. The van der Waals surface area contributed by atoms with Crippen molar-refractivity contribution in [3.05, 3.63) is 102 Å². The summed E-state index contributed by atoms with van der Waals surface area (Å²) in [5.41, 5.74) is 5.46. The van der Waals surface area contributed by atoms with Crippen LogP contribution in [0.2, 0.25) is 0 Å². The van der Waals surface area contributed by atoms with Gasteiger partial charge in [-0.15, -0.1) is 0 Å². The number of rotatable bonds is 7. The van der Waals surface area contributed by atoms with Crippen molar-refractivity contribution in [2.45, 2.75) is 19.0 Å². The molecule has 0 bridgehead atoms. The molecule has 2 atom stereocenters. The molecule has 1 fully saturated rings. The predicted octanol–water partition coefficient (Wildman–Crippen LogP) is 4.34. The third kappa shape index (κ3) is 4.58. The van der Waals surface area contributed by atoms with E-state index in [2.05, 4.69) is 36.1 Å². The van der Waals surface area contributed by atoms with Gasteiger partial charge in [-0.1, -0.05) is 6.07 Å². The van der Waals surface area contributed by atoms with Gasteiger partial charge < -0.3 is 24.8 Å². The number of pyridine rings is 2. The maximum atomic E-state index is 12.0. The largest absolute Gasteiger partial charge is 0.375 e. The Morgan fingerprint density at radius 2 is 2.00 bits per heavy atom. The van der Waals surface area contributed by atoms with Crippen LogP contribution in [0.15, 0.2) is 85.5 Å². The Morgan fingerprint density at radius 1 is 1.11 bits per heavy atom. The molecule has 9 heteroatoms. The van der Waals surface area contributed by atoms with Crippen molar-refractivity contribution in [3.8, 4) is 5.69 Å². The molecule has 0 aliphatic carbocycles. The molecule has 1 aromatic carbocycles. The van der Waals surface area contributed by atoms with Crippen molar-refractivity contribution in [2.24, 2.45) is 0 Å². The first-order valence-corrected chi connectivity index (χ1v) is 12.0. The molecule has 4 heterocycles. The van der Waals surface area contributed by atoms with Gasteiger partial charge in [0.15, 0.2) is 5.11 Å². The molecular formula is C27H26N6O2S. The van der Waals surface area contributed by atoms with Crippen molar-refractivity contribution >= 4 is 34.6 Å². The van der Waals surface area contributed by atoms with Crippen LogP contribution in [0, 0.1) is 6.92 Å². The number of carbonyl (C=O) groups excluding carboxylic acids is 1. The van der Waals surface area contributed by atoms with Gasteiger partial charge in [0.05, 0.1) is 23.6 Å². The maximum absolute atomic E-state index is 12.0. The van der Waals surface area contributed by atoms with Crippen LogP contribution in [0.1, 0.15) is 29.0 Å². The van der Waals surface area contributed by atoms with E-state index in [1.165, 1.54) is 7.11 Å². The Balaban J connectivity index is 1.58. The lowest BCUT2D eigenvalue weighted by molar-refractivity contribution is -0.119. The fourth-order valence-electron chi connectivity index (χ4n) is 4.56. The first kappa shape index (κ1) is 23.7. The van der Waals surface area contributed by atoms with Gasteiger partial charge in [-0.3, -0.25) is 14.8 Å². The van der Waals surface area contributed by atoms with E-state index in [-0.39, 0.29) is 24.6 Å². The first-order chi connectivity index (χ1) is 17.6. The van der Waals surface area contributed by atoms with E-state index in [4.69, 9.17) is 17.0 Å². The Morgan fingerprint density at radius 3 is 2.72 bits per heavy atom. The summed E-state index contributed by atoms with van der Waals surface area (Å²) in [5.74, 6) is -0.200. The Kier molecular flexibility index (Phi) is 6.75. The van der Waals surface area contributed by atoms with E-state index >= 15 is 0 Å². The lowest BCUT2D eigenvalue weighted by Gasteiger charge is -2.29. The van der Waals surface area contributed by atoms with Gasteiger partial charge in [-0.2, -0.15) is 0 Å². The van der Waals surface area contributed by atoms with Crippen LogP contribution in [0.25, 0.3) is 5.69 Å². The Labute approximate surface area is 215 Å². The molecule has 0 saturated carbocycles. The number of nitrogens with one attached hydrogen (secondary N) is 2. The molecule has 1 amide bonds. The van der Waals surface area contributed by atoms with Crippen LogP contribution >= 0.6 is 12.2 Å². The topological polar surface area (TPSA) is 84.3 Å². The number of anilines is 2. The Hall–Kier alpha value is -4.08. The summed E-state index contributed by atoms with van der Waals surface area (Å²) in [6.45, 7) is 1.96. The summed E-state index contributed by atoms with van der Waals surface area (Å²) in [6, 6.07) is 19.5. The van der Waals surface area contributed by atoms with Crippen molar-refractivity contribution in [3.63, 3.8) is 0 Å². The van der Waals surface area contributed by atoms with Gasteiger partial charge in [-0.25, -0.2) is 0 Å². The number of carbonyl (C=O) groups is 1. The van der Waals surface area contributed by atoms with E-state index in [9.17, 15) is 4.79 Å². The fourth-order valence-corrected chi connectivity index (χ4v) is 4.90. The monoisotopic (exact) mass is 498 g/mol. The molecule has 5 rings (SSSR count). The van der Waals surface area contributed by atoms with E-state index in [1.807, 2.05) is 73.9 Å². The van der Waals surface area contributed by atoms with Crippen molar-refractivity contribution in [2.75, 3.05) is 23.9 Å². The van der Waals surface area contributed by atoms with E-state index < -0.39 is 0 Å². The average molecular weight is 499 g/mol. The van der Waals surface area contributed by atoms with Gasteiger partial charge in [0.25, 0.3) is 0 Å². The highest BCUT2D eigenvalue weighted by Gasteiger charge is 2.42. The number of benzene rings is 1. The standard InChI is InChI=1S/C27H26N6O2S/c1-18-15-19(10-11-21(18)30-24(34)17-35-2)33-26(25(31-27(33)36)22-8-3-4-13-29-22)23-9-6-14-32(23)20-7-5-12-28-16-20/h3-16,25-26H,17H2,1-2H3,(H,30,34)(H,31,36)/t25-,26+/m0/s1. The SMILES string of the molecule is COCC(=O)Nc1ccc(N2C(=S)N[C@@H](c3ccccn3)[C@H]2c2cccn2-c2cccnc2)cc1C. The number of hydrogen-bond acceptors (Lipinski definition) is 5. The number of methoxy groups -OCH3 is 1. The third-order valence-electron chi connectivity index (χ3n) is 6.14. The number of aromatic nitrogens is 3. The van der Waals surface area contributed by atoms with Gasteiger partial charge in [-0.05, 0) is 79.3 Å². The van der Waals surface area contributed by atoms with Gasteiger partial charge >= 0.3 is 0 Å². The minimum atomic E-state index is -0.200. The van der Waals surface area contributed by atoms with E-state index in [0.29, 0.717) is 5.11 Å². The van der Waals surface area contributed by atoms with Gasteiger partial charge in [0, 0.05) is 42.8 Å². The van der Waals surface area contributed by atoms with Crippen LogP contribution in [-0.2, 0) is 9.53 Å². The second-order valence-electron chi connectivity index (χ2n) is 8.49. The molecule has 8 nitrogen and oxygen atoms in total. The van der Waals surface area contributed by atoms with Gasteiger partial charge in [0.1, 0.15) is 12.6 Å². The lowest BCUT2D eigenvalue weighted by atomic mass is 10.0. The maximum Gasteiger partial charge on any atom is 0.250 e. The second-order valence-corrected chi connectivity index (χ2v) is 8.88. The minimum Gasteiger partial charge on any atom is -0.375 e. The Bertz CT molecular complexity index is 1380. The van der Waals surface area contributed by atoms with Crippen LogP contribution in [-0.4, -0.2) is 39.3 Å². The fraction of sp³-hybridized carbons (Fsp3) is 0.185. The third-order valence-corrected chi connectivity index (χ3v) is 6.46. The molecule has 0 unspecified atom stereocenters. The van der Waals surface area contributed by atoms with Crippen molar-refractivity contribution in [1.29, 1.82) is 0 Å². The average Bonchev–Trinajstić information content (AvgIpc) is 3.51. The highest BCUT2D eigenvalue weighted by Crippen LogP contribution is 2.42. The lowest BCUT2D eigenvalue weighted by Crippen LogP contribution is -2.30. The van der Waals surface area contributed by atoms with Gasteiger partial charge in [0.2, 0.25) is 5.91 Å². The summed E-state index contributed by atoms with van der Waals surface area (Å²) in [5, 5.41) is 6.99. The summed E-state index contributed by atoms with van der Waals surface area (Å²) in [6.07, 6.45) is 7.42. The number of thiocarbonyl (C=S) groups is 1. The zero-order valence-corrected chi connectivity index (χ0v) is 20.8. The van der Waals surface area contributed by atoms with Crippen LogP contribution in [0.3, 0.4) is 0 Å². The molecule has 0 radical (unpaired) electrons. The molecule has 0 spiro atoms. The molecule has 1 saturated heterocycles. The molecule has 1 aliphatic rings. The molecule has 4 aromatic rings. The highest BCUT2D eigenvalue weighted by atomic mass is 32.1. The normalized spacial score (nSPS) is 17.2. The van der Waals surface area contributed by atoms with Crippen molar-refractivity contribution < 1.29 is 9.53 Å². The van der Waals surface area contributed by atoms with E-state index in [0.717, 1.165) is 34.0 Å². The number of nitrogens with zero attached hydrogens (tertiary/aromatic N) is 4. The summed E-state index contributed by atoms with van der Waals surface area (Å²) in [4.78, 5) is 23.1. The molecule has 1 aliphatic heterocycles. The highest BCUT2D eigenvalue weighted by molar-refractivity contribution is 7.80. The number of amides is 1. The summed E-state index contributed by atoms with van der Waals surface area (Å²) < 4.78 is 7.06. The number of aryl methyl sites for hydroxylation is 1. The van der Waals surface area contributed by atoms with E-state index in [1.54, 1.807) is 12.4 Å². The van der Waals surface area contributed by atoms with Crippen LogP contribution in [0.4, 0.5) is 11.4 Å². The summed E-state index contributed by atoms with van der Waals surface area (Å²) in [7, 11) is 1.50. The molecule has 182 valence electrons. The smallest absolute Gasteiger partial charge is 0.250 e. The number of hydrogen-bond donors (Lipinski definition) is 2. The quantitative estimate of drug-likeness (QED) is 0.367. The molecule has 3 aromatic heterocycles. The molecular weight excluding hydrogens is 472 g/mol. The van der Waals surface area contributed by atoms with Crippen molar-refractivity contribution in [1.82, 2.24) is 19.9 Å². The second kappa shape index (κ2) is 10.3. The van der Waals surface area contributed by atoms with Crippen LogP contribution in [0.5, 0.6) is 0 Å². The predicted molar refractivity (Wildman–Crippen MR) is 143 cm³/mol. The zero-order valence-electron chi connectivity index (χ0n) is 20.0. The zero-order chi connectivity index (χ0) is 25.1. The molecule has 36 heavy (non-hydrogen) atoms. The number of ether oxygens (including phenoxy) is 1. The summed E-state index contributed by atoms with van der Waals surface area (Å²) >= 11 is 5.87. The molecule has 2 N–H and O–H groups in total. The first-order valence-electron chi connectivity index (χ1n) is 11.5.